The van der Waals surface area contributed by atoms with Crippen molar-refractivity contribution < 1.29 is 4.79 Å². The Morgan fingerprint density at radius 2 is 1.84 bits per heavy atom. The number of rotatable bonds is 8. The Morgan fingerprint density at radius 1 is 1.13 bits per heavy atom. The standard InChI is InChI=1S/C24H21N3O2S2/c1-2-13-27-23(29)19-14-20(18-11-7-4-8-12-18)31-22(19)26-24(27)30-16-21(28)25-15-17-9-5-3-6-10-17/h2-12,14H,1,13,15-16H2,(H,25,28). The van der Waals surface area contributed by atoms with Crippen LogP contribution in [0.4, 0.5) is 0 Å². The summed E-state index contributed by atoms with van der Waals surface area (Å²) in [6.45, 7) is 4.57. The summed E-state index contributed by atoms with van der Waals surface area (Å²) >= 11 is 2.75. The number of fused-ring (bicyclic) bond motifs is 1. The maximum absolute atomic E-state index is 13.1. The molecule has 4 rings (SSSR count). The maximum Gasteiger partial charge on any atom is 0.263 e. The third-order valence-corrected chi connectivity index (χ3v) is 6.71. The van der Waals surface area contributed by atoms with Crippen LogP contribution in [0.1, 0.15) is 5.56 Å². The van der Waals surface area contributed by atoms with Crippen LogP contribution in [0.15, 0.2) is 89.3 Å². The molecule has 0 aliphatic carbocycles. The molecule has 0 bridgehead atoms. The number of nitrogens with zero attached hydrogens (tertiary/aromatic N) is 2. The zero-order valence-corrected chi connectivity index (χ0v) is 18.4. The summed E-state index contributed by atoms with van der Waals surface area (Å²) in [6, 6.07) is 21.6. The summed E-state index contributed by atoms with van der Waals surface area (Å²) in [5.41, 5.74) is 1.97. The van der Waals surface area contributed by atoms with Crippen LogP contribution in [0.3, 0.4) is 0 Å². The van der Waals surface area contributed by atoms with Gasteiger partial charge in [-0.1, -0.05) is 78.5 Å². The molecule has 2 aromatic heterocycles. The van der Waals surface area contributed by atoms with Crippen LogP contribution in [0.25, 0.3) is 20.7 Å². The van der Waals surface area contributed by atoms with Crippen molar-refractivity contribution in [2.45, 2.75) is 18.2 Å². The second-order valence-electron chi connectivity index (χ2n) is 6.85. The fourth-order valence-corrected chi connectivity index (χ4v) is 5.04. The van der Waals surface area contributed by atoms with Crippen molar-refractivity contribution in [2.24, 2.45) is 0 Å². The molecule has 0 radical (unpaired) electrons. The van der Waals surface area contributed by atoms with E-state index < -0.39 is 0 Å². The number of nitrogens with one attached hydrogen (secondary N) is 1. The van der Waals surface area contributed by atoms with Crippen LogP contribution in [-0.2, 0) is 17.9 Å². The summed E-state index contributed by atoms with van der Waals surface area (Å²) in [4.78, 5) is 31.8. The van der Waals surface area contributed by atoms with E-state index in [0.29, 0.717) is 28.5 Å². The number of thioether (sulfide) groups is 1. The van der Waals surface area contributed by atoms with Crippen LogP contribution in [0.5, 0.6) is 0 Å². The molecule has 1 amide bonds. The third kappa shape index (κ3) is 4.95. The van der Waals surface area contributed by atoms with Crippen LogP contribution >= 0.6 is 23.1 Å². The molecule has 0 spiro atoms. The van der Waals surface area contributed by atoms with E-state index in [1.807, 2.05) is 66.7 Å². The van der Waals surface area contributed by atoms with E-state index in [1.54, 1.807) is 10.6 Å². The van der Waals surface area contributed by atoms with E-state index in [9.17, 15) is 9.59 Å². The average molecular weight is 448 g/mol. The Hall–Kier alpha value is -3.16. The van der Waals surface area contributed by atoms with E-state index in [1.165, 1.54) is 23.1 Å². The van der Waals surface area contributed by atoms with Gasteiger partial charge in [-0.15, -0.1) is 17.9 Å². The van der Waals surface area contributed by atoms with Crippen molar-refractivity contribution in [1.82, 2.24) is 14.9 Å². The summed E-state index contributed by atoms with van der Waals surface area (Å²) < 4.78 is 1.58. The Balaban J connectivity index is 1.56. The first-order chi connectivity index (χ1) is 15.2. The fourth-order valence-electron chi connectivity index (χ4n) is 3.12. The SMILES string of the molecule is C=CCn1c(SCC(=O)NCc2ccccc2)nc2sc(-c3ccccc3)cc2c1=O. The summed E-state index contributed by atoms with van der Waals surface area (Å²) in [6.07, 6.45) is 1.67. The van der Waals surface area contributed by atoms with Gasteiger partial charge in [-0.25, -0.2) is 4.98 Å². The number of hydrogen-bond acceptors (Lipinski definition) is 5. The Morgan fingerprint density at radius 3 is 2.55 bits per heavy atom. The van der Waals surface area contributed by atoms with Crippen molar-refractivity contribution in [3.63, 3.8) is 0 Å². The maximum atomic E-state index is 13.1. The van der Waals surface area contributed by atoms with Crippen molar-refractivity contribution >= 4 is 39.2 Å². The van der Waals surface area contributed by atoms with Gasteiger partial charge in [-0.3, -0.25) is 14.2 Å². The number of aromatic nitrogens is 2. The van der Waals surface area contributed by atoms with Crippen LogP contribution in [0.2, 0.25) is 0 Å². The molecule has 0 saturated heterocycles. The van der Waals surface area contributed by atoms with Gasteiger partial charge in [0.05, 0.1) is 11.1 Å². The quantitative estimate of drug-likeness (QED) is 0.241. The van der Waals surface area contributed by atoms with Crippen molar-refractivity contribution in [1.29, 1.82) is 0 Å². The number of allylic oxidation sites excluding steroid dienone is 1. The molecule has 0 unspecified atom stereocenters. The smallest absolute Gasteiger partial charge is 0.263 e. The van der Waals surface area contributed by atoms with Gasteiger partial charge >= 0.3 is 0 Å². The molecule has 2 heterocycles. The van der Waals surface area contributed by atoms with Crippen LogP contribution in [0, 0.1) is 0 Å². The number of hydrogen-bond donors (Lipinski definition) is 1. The lowest BCUT2D eigenvalue weighted by Crippen LogP contribution is -2.26. The Labute approximate surface area is 188 Å². The van der Waals surface area contributed by atoms with Gasteiger partial charge in [-0.2, -0.15) is 0 Å². The predicted molar refractivity (Wildman–Crippen MR) is 129 cm³/mol. The second kappa shape index (κ2) is 9.76. The Kier molecular flexibility index (Phi) is 6.64. The number of carbonyl (C=O) groups excluding carboxylic acids is 1. The predicted octanol–water partition coefficient (Wildman–Crippen LogP) is 4.72. The molecule has 0 fully saturated rings. The summed E-state index contributed by atoms with van der Waals surface area (Å²) in [5, 5.41) is 4.01. The number of amides is 1. The minimum absolute atomic E-state index is 0.107. The van der Waals surface area contributed by atoms with Gasteiger partial charge in [-0.05, 0) is 17.2 Å². The van der Waals surface area contributed by atoms with Gasteiger partial charge in [0, 0.05) is 18.0 Å². The molecule has 0 saturated carbocycles. The highest BCUT2D eigenvalue weighted by atomic mass is 32.2. The van der Waals surface area contributed by atoms with E-state index in [2.05, 4.69) is 11.9 Å². The van der Waals surface area contributed by atoms with Gasteiger partial charge in [0.25, 0.3) is 5.56 Å². The molecular formula is C24H21N3O2S2. The van der Waals surface area contributed by atoms with Gasteiger partial charge < -0.3 is 5.32 Å². The van der Waals surface area contributed by atoms with Crippen LogP contribution in [-0.4, -0.2) is 21.2 Å². The largest absolute Gasteiger partial charge is 0.351 e. The minimum Gasteiger partial charge on any atom is -0.351 e. The van der Waals surface area contributed by atoms with Crippen LogP contribution < -0.4 is 10.9 Å². The van der Waals surface area contributed by atoms with Crippen molar-refractivity contribution in [3.8, 4) is 10.4 Å². The highest BCUT2D eigenvalue weighted by Gasteiger charge is 2.16. The highest BCUT2D eigenvalue weighted by molar-refractivity contribution is 7.99. The van der Waals surface area contributed by atoms with Crippen molar-refractivity contribution in [2.75, 3.05) is 5.75 Å². The van der Waals surface area contributed by atoms with E-state index >= 15 is 0 Å². The normalized spacial score (nSPS) is 10.8. The molecule has 7 heteroatoms. The van der Waals surface area contributed by atoms with Gasteiger partial charge in [0.1, 0.15) is 4.83 Å². The zero-order valence-electron chi connectivity index (χ0n) is 16.8. The number of benzene rings is 2. The lowest BCUT2D eigenvalue weighted by Gasteiger charge is -2.10. The first kappa shape index (κ1) is 21.1. The summed E-state index contributed by atoms with van der Waals surface area (Å²) in [7, 11) is 0. The lowest BCUT2D eigenvalue weighted by atomic mass is 10.2. The van der Waals surface area contributed by atoms with Gasteiger partial charge in [0.15, 0.2) is 5.16 Å². The molecule has 31 heavy (non-hydrogen) atoms. The first-order valence-corrected chi connectivity index (χ1v) is 11.6. The van der Waals surface area contributed by atoms with E-state index in [0.717, 1.165) is 16.0 Å². The average Bonchev–Trinajstić information content (AvgIpc) is 3.24. The summed E-state index contributed by atoms with van der Waals surface area (Å²) in [5.74, 6) is 0.0725. The molecule has 0 aliphatic heterocycles. The highest BCUT2D eigenvalue weighted by Crippen LogP contribution is 2.32. The topological polar surface area (TPSA) is 64.0 Å². The zero-order chi connectivity index (χ0) is 21.6. The van der Waals surface area contributed by atoms with Crippen molar-refractivity contribution in [3.05, 3.63) is 95.3 Å². The van der Waals surface area contributed by atoms with E-state index in [-0.39, 0.29) is 17.2 Å². The lowest BCUT2D eigenvalue weighted by molar-refractivity contribution is -0.118. The first-order valence-electron chi connectivity index (χ1n) is 9.80. The van der Waals surface area contributed by atoms with E-state index in [4.69, 9.17) is 4.98 Å². The molecule has 0 aliphatic rings. The molecule has 2 aromatic carbocycles. The monoisotopic (exact) mass is 447 g/mol. The second-order valence-corrected chi connectivity index (χ2v) is 8.82. The van der Waals surface area contributed by atoms with Gasteiger partial charge in [0.2, 0.25) is 5.91 Å². The fraction of sp³-hybridized carbons (Fsp3) is 0.125. The molecular weight excluding hydrogens is 426 g/mol. The Bertz CT molecular complexity index is 1260. The third-order valence-electron chi connectivity index (χ3n) is 4.65. The number of thiophene rings is 1. The molecule has 0 atom stereocenters. The molecule has 1 N–H and O–H groups in total. The molecule has 4 aromatic rings. The minimum atomic E-state index is -0.115. The number of carbonyl (C=O) groups is 1. The molecule has 156 valence electrons. The molecule has 5 nitrogen and oxygen atoms in total.